The summed E-state index contributed by atoms with van der Waals surface area (Å²) < 4.78 is 10.3. The second-order valence-corrected chi connectivity index (χ2v) is 6.51. The van der Waals surface area contributed by atoms with E-state index in [0.29, 0.717) is 25.4 Å². The lowest BCUT2D eigenvalue weighted by molar-refractivity contribution is -0.131. The van der Waals surface area contributed by atoms with Crippen LogP contribution in [0.3, 0.4) is 0 Å². The number of fused-ring (bicyclic) bond motifs is 1. The lowest BCUT2D eigenvalue weighted by Gasteiger charge is -2.30. The van der Waals surface area contributed by atoms with E-state index >= 15 is 0 Å². The van der Waals surface area contributed by atoms with Crippen LogP contribution in [0.4, 0.5) is 0 Å². The number of amides is 1. The summed E-state index contributed by atoms with van der Waals surface area (Å²) in [6, 6.07) is 5.79. The molecule has 1 saturated heterocycles. The molecule has 0 saturated carbocycles. The zero-order chi connectivity index (χ0) is 18.1. The fraction of sp³-hybridized carbons (Fsp3) is 0.389. The van der Waals surface area contributed by atoms with E-state index in [-0.39, 0.29) is 11.8 Å². The molecule has 2 aromatic heterocycles. The molecule has 2 N–H and O–H groups in total. The van der Waals surface area contributed by atoms with Crippen LogP contribution in [0, 0.1) is 0 Å². The van der Waals surface area contributed by atoms with Gasteiger partial charge in [-0.05, 0) is 36.6 Å². The average Bonchev–Trinajstić information content (AvgIpc) is 3.28. The van der Waals surface area contributed by atoms with Crippen molar-refractivity contribution in [2.45, 2.75) is 25.2 Å². The Hall–Kier alpha value is -3.03. The third-order valence-electron chi connectivity index (χ3n) is 4.97. The third-order valence-corrected chi connectivity index (χ3v) is 4.97. The van der Waals surface area contributed by atoms with Crippen molar-refractivity contribution >= 4 is 16.8 Å². The van der Waals surface area contributed by atoms with Gasteiger partial charge in [0.05, 0.1) is 13.5 Å². The Balaban J connectivity index is 1.42. The standard InChI is InChI=1S/C18H20N4O4/c1-25-13-2-3-15-14(9-13)12(10-19-15)8-16(23)22-6-4-11(5-7-22)17-20-21-18(24)26-17/h2-3,9-11,19H,4-8H2,1H3,(H,21,24). The van der Waals surface area contributed by atoms with Crippen LogP contribution < -0.4 is 10.5 Å². The Morgan fingerprint density at radius 1 is 1.38 bits per heavy atom. The molecule has 0 bridgehead atoms. The molecule has 3 heterocycles. The molecule has 8 nitrogen and oxygen atoms in total. The van der Waals surface area contributed by atoms with Crippen molar-refractivity contribution in [3.05, 3.63) is 46.4 Å². The van der Waals surface area contributed by atoms with Gasteiger partial charge in [-0.25, -0.2) is 9.89 Å². The minimum Gasteiger partial charge on any atom is -0.497 e. The quantitative estimate of drug-likeness (QED) is 0.742. The number of nitrogens with one attached hydrogen (secondary N) is 2. The van der Waals surface area contributed by atoms with Crippen LogP contribution in [0.5, 0.6) is 5.75 Å². The summed E-state index contributed by atoms with van der Waals surface area (Å²) in [6.45, 7) is 1.26. The molecule has 1 aliphatic heterocycles. The smallest absolute Gasteiger partial charge is 0.434 e. The van der Waals surface area contributed by atoms with Crippen LogP contribution in [-0.2, 0) is 11.2 Å². The fourth-order valence-electron chi connectivity index (χ4n) is 3.50. The number of likely N-dealkylation sites (tertiary alicyclic amines) is 1. The first-order chi connectivity index (χ1) is 12.6. The number of carbonyl (C=O) groups excluding carboxylic acids is 1. The maximum Gasteiger partial charge on any atom is 0.434 e. The van der Waals surface area contributed by atoms with Crippen molar-refractivity contribution in [3.63, 3.8) is 0 Å². The number of aromatic nitrogens is 3. The van der Waals surface area contributed by atoms with Crippen molar-refractivity contribution in [2.75, 3.05) is 20.2 Å². The van der Waals surface area contributed by atoms with E-state index in [9.17, 15) is 9.59 Å². The Labute approximate surface area is 149 Å². The summed E-state index contributed by atoms with van der Waals surface area (Å²) in [5.74, 6) is 0.845. The van der Waals surface area contributed by atoms with Gasteiger partial charge >= 0.3 is 5.76 Å². The second kappa shape index (κ2) is 6.70. The molecule has 0 spiro atoms. The number of hydrogen-bond acceptors (Lipinski definition) is 5. The molecule has 0 atom stereocenters. The maximum absolute atomic E-state index is 12.7. The Bertz CT molecular complexity index is 978. The highest BCUT2D eigenvalue weighted by molar-refractivity contribution is 5.89. The monoisotopic (exact) mass is 356 g/mol. The minimum absolute atomic E-state index is 0.0790. The number of benzene rings is 1. The van der Waals surface area contributed by atoms with E-state index in [0.717, 1.165) is 35.1 Å². The molecular formula is C18H20N4O4. The Kier molecular flexibility index (Phi) is 4.24. The number of carbonyl (C=O) groups is 1. The first-order valence-electron chi connectivity index (χ1n) is 8.61. The van der Waals surface area contributed by atoms with E-state index in [1.165, 1.54) is 0 Å². The summed E-state index contributed by atoms with van der Waals surface area (Å²) in [7, 11) is 1.63. The van der Waals surface area contributed by atoms with Gasteiger partial charge in [-0.3, -0.25) is 4.79 Å². The highest BCUT2D eigenvalue weighted by Gasteiger charge is 2.27. The van der Waals surface area contributed by atoms with Gasteiger partial charge in [-0.2, -0.15) is 0 Å². The minimum atomic E-state index is -0.534. The molecular weight excluding hydrogens is 336 g/mol. The van der Waals surface area contributed by atoms with Gasteiger partial charge in [0.25, 0.3) is 0 Å². The molecule has 1 amide bonds. The number of aromatic amines is 2. The number of methoxy groups -OCH3 is 1. The summed E-state index contributed by atoms with van der Waals surface area (Å²) in [4.78, 5) is 28.8. The lowest BCUT2D eigenvalue weighted by atomic mass is 9.96. The molecule has 8 heteroatoms. The molecule has 0 aliphatic carbocycles. The molecule has 3 aromatic rings. The zero-order valence-corrected chi connectivity index (χ0v) is 14.4. The molecule has 1 fully saturated rings. The SMILES string of the molecule is COc1ccc2[nH]cc(CC(=O)N3CCC(c4n[nH]c(=O)o4)CC3)c2c1. The molecule has 1 aliphatic rings. The third kappa shape index (κ3) is 3.10. The van der Waals surface area contributed by atoms with Gasteiger partial charge in [0, 0.05) is 36.1 Å². The van der Waals surface area contributed by atoms with Crippen LogP contribution >= 0.6 is 0 Å². The largest absolute Gasteiger partial charge is 0.497 e. The fourth-order valence-corrected chi connectivity index (χ4v) is 3.50. The van der Waals surface area contributed by atoms with Crippen LogP contribution in [0.15, 0.2) is 33.6 Å². The summed E-state index contributed by atoms with van der Waals surface area (Å²) in [5, 5.41) is 7.19. The predicted molar refractivity (Wildman–Crippen MR) is 94.2 cm³/mol. The van der Waals surface area contributed by atoms with Gasteiger partial charge in [0.2, 0.25) is 11.8 Å². The first kappa shape index (κ1) is 16.4. The van der Waals surface area contributed by atoms with Gasteiger partial charge < -0.3 is 19.0 Å². The summed E-state index contributed by atoms with van der Waals surface area (Å²) in [6.07, 6.45) is 3.70. The topological polar surface area (TPSA) is 104 Å². The molecule has 4 rings (SSSR count). The molecule has 0 radical (unpaired) electrons. The predicted octanol–water partition coefficient (Wildman–Crippen LogP) is 1.80. The number of nitrogens with zero attached hydrogens (tertiary/aromatic N) is 2. The van der Waals surface area contributed by atoms with Crippen molar-refractivity contribution in [1.82, 2.24) is 20.1 Å². The summed E-state index contributed by atoms with van der Waals surface area (Å²) >= 11 is 0. The van der Waals surface area contributed by atoms with E-state index in [1.54, 1.807) is 7.11 Å². The zero-order valence-electron chi connectivity index (χ0n) is 14.4. The van der Waals surface area contributed by atoms with Gasteiger partial charge in [0.15, 0.2) is 0 Å². The van der Waals surface area contributed by atoms with Crippen LogP contribution in [-0.4, -0.2) is 46.2 Å². The maximum atomic E-state index is 12.7. The van der Waals surface area contributed by atoms with Gasteiger partial charge in [0.1, 0.15) is 5.75 Å². The van der Waals surface area contributed by atoms with Crippen LogP contribution in [0.1, 0.15) is 30.2 Å². The van der Waals surface area contributed by atoms with Crippen molar-refractivity contribution in [3.8, 4) is 5.75 Å². The molecule has 26 heavy (non-hydrogen) atoms. The molecule has 136 valence electrons. The van der Waals surface area contributed by atoms with E-state index in [2.05, 4.69) is 15.2 Å². The van der Waals surface area contributed by atoms with Crippen LogP contribution in [0.2, 0.25) is 0 Å². The van der Waals surface area contributed by atoms with Crippen molar-refractivity contribution in [2.24, 2.45) is 0 Å². The number of H-pyrrole nitrogens is 2. The van der Waals surface area contributed by atoms with Crippen molar-refractivity contribution in [1.29, 1.82) is 0 Å². The number of rotatable bonds is 4. The summed E-state index contributed by atoms with van der Waals surface area (Å²) in [5.41, 5.74) is 1.95. The highest BCUT2D eigenvalue weighted by Crippen LogP contribution is 2.27. The number of piperidine rings is 1. The molecule has 1 aromatic carbocycles. The Morgan fingerprint density at radius 2 is 2.19 bits per heavy atom. The van der Waals surface area contributed by atoms with E-state index in [1.807, 2.05) is 29.3 Å². The lowest BCUT2D eigenvalue weighted by Crippen LogP contribution is -2.38. The highest BCUT2D eigenvalue weighted by atomic mass is 16.5. The normalized spacial score (nSPS) is 15.5. The van der Waals surface area contributed by atoms with Crippen LogP contribution in [0.25, 0.3) is 10.9 Å². The van der Waals surface area contributed by atoms with E-state index in [4.69, 9.17) is 9.15 Å². The number of hydrogen-bond donors (Lipinski definition) is 2. The van der Waals surface area contributed by atoms with E-state index < -0.39 is 5.76 Å². The molecule has 0 unspecified atom stereocenters. The number of ether oxygens (including phenoxy) is 1. The Morgan fingerprint density at radius 3 is 2.88 bits per heavy atom. The average molecular weight is 356 g/mol. The first-order valence-corrected chi connectivity index (χ1v) is 8.61. The van der Waals surface area contributed by atoms with Gasteiger partial charge in [-0.15, -0.1) is 5.10 Å². The van der Waals surface area contributed by atoms with Crippen molar-refractivity contribution < 1.29 is 13.9 Å². The second-order valence-electron chi connectivity index (χ2n) is 6.51. The van der Waals surface area contributed by atoms with Gasteiger partial charge in [-0.1, -0.05) is 0 Å².